The number of nitrogens with zero attached hydrogens (tertiary/aromatic N) is 2. The molecule has 0 aliphatic heterocycles. The molecule has 0 saturated heterocycles. The highest BCUT2D eigenvalue weighted by atomic mass is 15.1. The van der Waals surface area contributed by atoms with Crippen LogP contribution < -0.4 is 9.80 Å². The van der Waals surface area contributed by atoms with Gasteiger partial charge >= 0.3 is 0 Å². The fraction of sp³-hybridized carbons (Fsp3) is 0.275. The minimum absolute atomic E-state index is 0.0439. The molecule has 0 N–H and O–H groups in total. The number of anilines is 6. The number of hydrogen-bond acceptors (Lipinski definition) is 2. The first-order valence-corrected chi connectivity index (χ1v) is 26.4. The molecule has 0 spiro atoms. The summed E-state index contributed by atoms with van der Waals surface area (Å²) in [4.78, 5) is 4.79. The van der Waals surface area contributed by atoms with Crippen molar-refractivity contribution in [2.45, 2.75) is 105 Å². The van der Waals surface area contributed by atoms with Crippen LogP contribution in [0, 0.1) is 31.1 Å². The van der Waals surface area contributed by atoms with Gasteiger partial charge in [-0.15, -0.1) is 0 Å². The van der Waals surface area contributed by atoms with Crippen molar-refractivity contribution < 1.29 is 0 Å². The zero-order valence-corrected chi connectivity index (χ0v) is 43.2. The Hall–Kier alpha value is -6.90. The van der Waals surface area contributed by atoms with E-state index in [4.69, 9.17) is 0 Å². The Labute approximate surface area is 424 Å². The smallest absolute Gasteiger partial charge is 0.0462 e. The van der Waals surface area contributed by atoms with E-state index in [1.165, 1.54) is 87.0 Å². The van der Waals surface area contributed by atoms with Crippen LogP contribution in [-0.4, -0.2) is 0 Å². The van der Waals surface area contributed by atoms with Crippen LogP contribution in [0.5, 0.6) is 0 Å². The number of fused-ring (bicyclic) bond motifs is 4. The third-order valence-electron chi connectivity index (χ3n) is 17.3. The predicted octanol–water partition coefficient (Wildman–Crippen LogP) is 19.5. The van der Waals surface area contributed by atoms with Gasteiger partial charge in [-0.1, -0.05) is 160 Å². The van der Waals surface area contributed by atoms with Crippen LogP contribution in [-0.2, 0) is 5.41 Å². The Morgan fingerprint density at radius 1 is 0.493 bits per heavy atom. The van der Waals surface area contributed by atoms with Crippen molar-refractivity contribution in [3.05, 3.63) is 244 Å². The molecule has 0 amide bonds. The predicted molar refractivity (Wildman–Crippen MR) is 303 cm³/mol. The Kier molecular flexibility index (Phi) is 12.2. The van der Waals surface area contributed by atoms with Crippen molar-refractivity contribution in [2.24, 2.45) is 17.3 Å². The van der Waals surface area contributed by atoms with Gasteiger partial charge in [0.25, 0.3) is 0 Å². The lowest BCUT2D eigenvalue weighted by Gasteiger charge is -2.45. The Morgan fingerprint density at radius 2 is 0.972 bits per heavy atom. The molecule has 2 saturated carbocycles. The molecule has 0 radical (unpaired) electrons. The lowest BCUT2D eigenvalue weighted by Crippen LogP contribution is -2.34. The molecule has 0 heterocycles. The molecule has 4 aliphatic carbocycles. The zero-order valence-electron chi connectivity index (χ0n) is 43.2. The van der Waals surface area contributed by atoms with Crippen molar-refractivity contribution in [3.8, 4) is 11.1 Å². The van der Waals surface area contributed by atoms with Crippen LogP contribution in [0.4, 0.5) is 34.1 Å². The van der Waals surface area contributed by atoms with Crippen LogP contribution in [0.3, 0.4) is 0 Å². The van der Waals surface area contributed by atoms with Crippen molar-refractivity contribution >= 4 is 39.7 Å². The highest BCUT2D eigenvalue weighted by Gasteiger charge is 2.44. The number of rotatable bonds is 9. The number of allylic oxidation sites excluding steroid dienone is 8. The molecule has 2 nitrogen and oxygen atoms in total. The minimum atomic E-state index is 0.0439. The van der Waals surface area contributed by atoms with Crippen molar-refractivity contribution in [3.63, 3.8) is 0 Å². The average Bonchev–Trinajstić information content (AvgIpc) is 3.48. The molecule has 7 aromatic rings. The molecule has 71 heavy (non-hydrogen) atoms. The second-order valence-electron chi connectivity index (χ2n) is 22.2. The van der Waals surface area contributed by atoms with Gasteiger partial charge < -0.3 is 9.80 Å². The summed E-state index contributed by atoms with van der Waals surface area (Å²) in [6.07, 6.45) is 15.8. The molecule has 4 atom stereocenters. The van der Waals surface area contributed by atoms with Gasteiger partial charge in [0, 0.05) is 45.5 Å². The molecule has 11 rings (SSSR count). The summed E-state index contributed by atoms with van der Waals surface area (Å²) in [6, 6.07) is 63.9. The molecular weight excluding hydrogens is 857 g/mol. The minimum Gasteiger partial charge on any atom is -0.311 e. The fourth-order valence-corrected chi connectivity index (χ4v) is 13.2. The molecule has 0 aromatic heterocycles. The van der Waals surface area contributed by atoms with Crippen molar-refractivity contribution in [2.75, 3.05) is 9.80 Å². The number of benzene rings is 7. The van der Waals surface area contributed by atoms with E-state index in [1.54, 1.807) is 11.1 Å². The van der Waals surface area contributed by atoms with E-state index in [0.717, 1.165) is 40.8 Å². The standard InChI is InChI=1S/C69H70N2/c1-9-62-54-43-52(19-29-55(44-54)68(5,6)65(62)10-2)50-24-38-60(39-25-50)70(56-30-15-46(3)16-31-56)58-34-20-48(21-35-58)49-22-36-59(37-23-49)71(57-32-17-47(4)18-33-57)61-40-26-51(27-41-61)53-28-42-67-64(45-53)63-13-11-12-14-66(63)69(67,7)8/h9-18,20-28,30-42,52-55H,19,29,43-45H2,1-8H3/b62-9-,65-10+. The molecule has 2 bridgehead atoms. The Bertz CT molecular complexity index is 3170. The van der Waals surface area contributed by atoms with Crippen molar-refractivity contribution in [1.82, 2.24) is 0 Å². The third kappa shape index (κ3) is 8.54. The molecular formula is C69H70N2. The second-order valence-corrected chi connectivity index (χ2v) is 22.2. The van der Waals surface area contributed by atoms with Crippen LogP contribution in [0.15, 0.2) is 211 Å². The van der Waals surface area contributed by atoms with E-state index >= 15 is 0 Å². The van der Waals surface area contributed by atoms with Crippen LogP contribution in [0.25, 0.3) is 16.7 Å². The van der Waals surface area contributed by atoms with E-state index in [2.05, 4.69) is 259 Å². The van der Waals surface area contributed by atoms with E-state index < -0.39 is 0 Å². The van der Waals surface area contributed by atoms with Gasteiger partial charge in [0.1, 0.15) is 0 Å². The fourth-order valence-electron chi connectivity index (χ4n) is 13.2. The van der Waals surface area contributed by atoms with Crippen molar-refractivity contribution in [1.29, 1.82) is 0 Å². The maximum Gasteiger partial charge on any atom is 0.0462 e. The van der Waals surface area contributed by atoms with Gasteiger partial charge in [-0.2, -0.15) is 0 Å². The highest BCUT2D eigenvalue weighted by molar-refractivity contribution is 5.85. The lowest BCUT2D eigenvalue weighted by molar-refractivity contribution is 0.195. The van der Waals surface area contributed by atoms with E-state index in [1.807, 2.05) is 0 Å². The van der Waals surface area contributed by atoms with Gasteiger partial charge in [0.05, 0.1) is 0 Å². The van der Waals surface area contributed by atoms with Gasteiger partial charge in [0.2, 0.25) is 0 Å². The Balaban J connectivity index is 0.838. The first kappa shape index (κ1) is 46.5. The van der Waals surface area contributed by atoms with Gasteiger partial charge in [0.15, 0.2) is 0 Å². The van der Waals surface area contributed by atoms with Gasteiger partial charge in [-0.05, 0) is 211 Å². The SMILES string of the molecule is C/C=C1\C(=C/C)C(C)(C)C2CCC(c3ccc(N(c4ccc(C)cc4)c4ccc(-c5ccc(N(c6ccc(C)cc6)c6ccc(C7C=CC8=C(C7)c7ccccc7C8(C)C)cc6)cc5)cc4)cc3)CC1C2. The maximum absolute atomic E-state index is 2.49. The first-order valence-electron chi connectivity index (χ1n) is 26.4. The summed E-state index contributed by atoms with van der Waals surface area (Å²) in [6.45, 7) is 18.5. The highest BCUT2D eigenvalue weighted by Crippen LogP contribution is 2.57. The summed E-state index contributed by atoms with van der Waals surface area (Å²) >= 11 is 0. The van der Waals surface area contributed by atoms with E-state index in [-0.39, 0.29) is 10.8 Å². The molecule has 4 unspecified atom stereocenters. The van der Waals surface area contributed by atoms with Crippen LogP contribution in [0.1, 0.15) is 119 Å². The maximum atomic E-state index is 2.49. The lowest BCUT2D eigenvalue weighted by atomic mass is 9.59. The molecule has 356 valence electrons. The summed E-state index contributed by atoms with van der Waals surface area (Å²) < 4.78 is 0. The molecule has 2 heteroatoms. The molecule has 7 aromatic carbocycles. The summed E-state index contributed by atoms with van der Waals surface area (Å²) in [5.74, 6) is 2.28. The summed E-state index contributed by atoms with van der Waals surface area (Å²) in [5.41, 5.74) is 24.0. The monoisotopic (exact) mass is 927 g/mol. The Morgan fingerprint density at radius 3 is 1.48 bits per heavy atom. The number of aryl methyl sites for hydroxylation is 2. The van der Waals surface area contributed by atoms with E-state index in [0.29, 0.717) is 17.8 Å². The number of hydrogen-bond donors (Lipinski definition) is 0. The van der Waals surface area contributed by atoms with Gasteiger partial charge in [-0.25, -0.2) is 0 Å². The summed E-state index contributed by atoms with van der Waals surface area (Å²) in [5, 5.41) is 0. The first-order chi connectivity index (χ1) is 34.4. The quantitative estimate of drug-likeness (QED) is 0.142. The van der Waals surface area contributed by atoms with Crippen LogP contribution in [0.2, 0.25) is 0 Å². The topological polar surface area (TPSA) is 6.48 Å². The van der Waals surface area contributed by atoms with E-state index in [9.17, 15) is 0 Å². The zero-order chi connectivity index (χ0) is 49.0. The normalized spacial score (nSPS) is 22.0. The molecule has 2 fully saturated rings. The molecule has 4 aliphatic rings. The summed E-state index contributed by atoms with van der Waals surface area (Å²) in [7, 11) is 0. The van der Waals surface area contributed by atoms with Crippen LogP contribution >= 0.6 is 0 Å². The second kappa shape index (κ2) is 18.7. The largest absolute Gasteiger partial charge is 0.311 e. The average molecular weight is 927 g/mol. The third-order valence-corrected chi connectivity index (χ3v) is 17.3. The van der Waals surface area contributed by atoms with Gasteiger partial charge in [-0.3, -0.25) is 0 Å².